The van der Waals surface area contributed by atoms with Crippen LogP contribution in [-0.4, -0.2) is 4.57 Å². The number of halogens is 3. The van der Waals surface area contributed by atoms with Crippen LogP contribution in [0.1, 0.15) is 101 Å². The van der Waals surface area contributed by atoms with Gasteiger partial charge < -0.3 is 0 Å². The number of aromatic nitrogens is 2. The van der Waals surface area contributed by atoms with Crippen molar-refractivity contribution in [2.24, 2.45) is 0 Å². The van der Waals surface area contributed by atoms with Gasteiger partial charge in [-0.3, -0.25) is 0 Å². The van der Waals surface area contributed by atoms with E-state index in [2.05, 4.69) is 211 Å². The first-order valence-corrected chi connectivity index (χ1v) is 23.3. The molecule has 0 atom stereocenters. The van der Waals surface area contributed by atoms with E-state index in [0.717, 1.165) is 0 Å². The summed E-state index contributed by atoms with van der Waals surface area (Å²) < 4.78 is 4.65. The van der Waals surface area contributed by atoms with Gasteiger partial charge in [0.1, 0.15) is 23.8 Å². The van der Waals surface area contributed by atoms with Gasteiger partial charge in [-0.25, -0.2) is 9.13 Å². The average Bonchev–Trinajstić information content (AvgIpc) is 3.62. The topological polar surface area (TPSA) is 8.81 Å². The van der Waals surface area contributed by atoms with Crippen LogP contribution in [0.2, 0.25) is 0 Å². The molecule has 0 aliphatic rings. The molecule has 1 heterocycles. The Morgan fingerprint density at radius 2 is 0.808 bits per heavy atom. The largest absolute Gasteiger partial charge is 0.0622 e. The summed E-state index contributed by atoms with van der Waals surface area (Å²) in [5.74, 6) is 1.92. The van der Waals surface area contributed by atoms with Gasteiger partial charge in [0.15, 0.2) is 0 Å². The maximum Gasteiger partial charge on any atom is -0.0134 e. The molecule has 0 spiro atoms. The quantitative estimate of drug-likeness (QED) is 0.0781. The minimum Gasteiger partial charge on any atom is -0.0622 e. The van der Waals surface area contributed by atoms with Gasteiger partial charge in [-0.1, -0.05) is 183 Å². The van der Waals surface area contributed by atoms with Gasteiger partial charge >= 0.3 is 41.3 Å². The van der Waals surface area contributed by atoms with Crippen LogP contribution in [0.15, 0.2) is 146 Å². The Balaban J connectivity index is 0.000000225. The van der Waals surface area contributed by atoms with Crippen molar-refractivity contribution < 1.29 is 15.3 Å². The predicted octanol–water partition coefficient (Wildman–Crippen LogP) is 12.8. The third-order valence-electron chi connectivity index (χ3n) is 8.88. The minimum atomic E-state index is -1.04. The summed E-state index contributed by atoms with van der Waals surface area (Å²) >= 11 is 0. The average molecular weight is 817 g/mol. The molecule has 0 amide bonds. The van der Waals surface area contributed by atoms with Crippen molar-refractivity contribution in [3.63, 3.8) is 0 Å². The molecular formula is C45H52Cl3N2NiP. The molecule has 0 fully saturated rings. The van der Waals surface area contributed by atoms with E-state index in [4.69, 9.17) is 30.6 Å². The zero-order chi connectivity index (χ0) is 37.8. The zero-order valence-corrected chi connectivity index (χ0v) is 35.6. The van der Waals surface area contributed by atoms with Gasteiger partial charge in [-0.2, -0.15) is 0 Å². The van der Waals surface area contributed by atoms with E-state index in [-0.39, 0.29) is 0 Å². The molecule has 0 aliphatic carbocycles. The van der Waals surface area contributed by atoms with Gasteiger partial charge in [0.2, 0.25) is 0 Å². The number of benzene rings is 5. The maximum absolute atomic E-state index is 4.85. The number of para-hydroxylation sites is 2. The Bertz CT molecular complexity index is 1720. The molecule has 0 saturated heterocycles. The minimum absolute atomic E-state index is 0.446. The molecule has 5 aromatic carbocycles. The predicted molar refractivity (Wildman–Crippen MR) is 226 cm³/mol. The molecule has 2 nitrogen and oxygen atoms in total. The van der Waals surface area contributed by atoms with Crippen molar-refractivity contribution in [2.75, 3.05) is 0 Å². The van der Waals surface area contributed by atoms with E-state index in [1.54, 1.807) is 0 Å². The number of hydrogen-bond acceptors (Lipinski definition) is 0. The van der Waals surface area contributed by atoms with Gasteiger partial charge in [0.25, 0.3) is 6.33 Å². The van der Waals surface area contributed by atoms with Crippen LogP contribution in [0.4, 0.5) is 0 Å². The normalized spacial score (nSPS) is 11.4. The fraction of sp³-hybridized carbons (Fsp3) is 0.267. The summed E-state index contributed by atoms with van der Waals surface area (Å²) in [6.07, 6.45) is 6.70. The standard InChI is InChI=1S/C27H37N2.C18H15P.3ClH.Ni/c1-18(2)22-11-9-12-23(19(3)4)26(22)28-15-16-29(17-28)27-24(20(5)6)13-10-14-25(27)21(7)8;1-4-10-16(11-5-1)19(17-12-6-2-7-13-17)18-14-8-3-9-15-18;;;;/h9-21H,1-8H3;1-15H;3*1H;/q+1;;;;;+2/p-3. The Labute approximate surface area is 331 Å². The van der Waals surface area contributed by atoms with E-state index in [0.29, 0.717) is 23.7 Å². The molecule has 278 valence electrons. The van der Waals surface area contributed by atoms with Crippen molar-refractivity contribution in [3.8, 4) is 11.4 Å². The molecule has 0 radical (unpaired) electrons. The third-order valence-corrected chi connectivity index (χ3v) is 11.3. The molecule has 0 saturated carbocycles. The fourth-order valence-electron chi connectivity index (χ4n) is 6.42. The van der Waals surface area contributed by atoms with E-state index in [1.807, 2.05) is 0 Å². The number of imidazole rings is 1. The van der Waals surface area contributed by atoms with Crippen LogP contribution in [-0.2, 0) is 10.7 Å². The van der Waals surface area contributed by atoms with Crippen molar-refractivity contribution in [1.82, 2.24) is 4.57 Å². The van der Waals surface area contributed by atoms with Gasteiger partial charge in [-0.05, 0) is 47.5 Å². The summed E-state index contributed by atoms with van der Waals surface area (Å²) in [7, 11) is 13.1. The van der Waals surface area contributed by atoms with Crippen molar-refractivity contribution in [2.45, 2.75) is 79.1 Å². The van der Waals surface area contributed by atoms with Gasteiger partial charge in [-0.15, -0.1) is 0 Å². The summed E-state index contributed by atoms with van der Waals surface area (Å²) in [6.45, 7) is 18.3. The third kappa shape index (κ3) is 11.3. The Morgan fingerprint density at radius 3 is 1.13 bits per heavy atom. The van der Waals surface area contributed by atoms with E-state index in [9.17, 15) is 0 Å². The Kier molecular flexibility index (Phi) is 16.5. The number of rotatable bonds is 9. The fourth-order valence-corrected chi connectivity index (χ4v) is 8.72. The molecule has 0 aliphatic heterocycles. The van der Waals surface area contributed by atoms with Crippen LogP contribution >= 0.6 is 38.5 Å². The molecule has 7 heteroatoms. The Hall–Kier alpha value is -2.90. The van der Waals surface area contributed by atoms with Crippen molar-refractivity contribution in [1.29, 1.82) is 0 Å². The van der Waals surface area contributed by atoms with Gasteiger partial charge in [0.05, 0.1) is 0 Å². The van der Waals surface area contributed by atoms with Crippen LogP contribution < -0.4 is 20.5 Å². The molecule has 0 bridgehead atoms. The maximum atomic E-state index is 4.85. The first kappa shape index (κ1) is 41.9. The van der Waals surface area contributed by atoms with Crippen LogP contribution in [0, 0.1) is 0 Å². The summed E-state index contributed by atoms with van der Waals surface area (Å²) in [5.41, 5.74) is 8.29. The number of nitrogens with zero attached hydrogens (tertiary/aromatic N) is 2. The first-order chi connectivity index (χ1) is 24.9. The SMILES string of the molecule is CC(C)c1cccc(C(C)C)c1-n1cc[n+](-c2c(C(C)C)cccc2C(C)C)c1.[Cl][Ni-]([Cl])[Cl].c1ccc(P(c2ccccc2)c2ccccc2)cc1. The number of hydrogen-bond donors (Lipinski definition) is 0. The van der Waals surface area contributed by atoms with E-state index >= 15 is 0 Å². The first-order valence-electron chi connectivity index (χ1n) is 17.8. The van der Waals surface area contributed by atoms with Gasteiger partial charge in [0, 0.05) is 22.3 Å². The molecule has 1 aromatic heterocycles. The smallest absolute Gasteiger partial charge is 0.0134 e. The monoisotopic (exact) mass is 814 g/mol. The van der Waals surface area contributed by atoms with Crippen LogP contribution in [0.25, 0.3) is 11.4 Å². The van der Waals surface area contributed by atoms with E-state index < -0.39 is 18.7 Å². The molecule has 6 rings (SSSR count). The zero-order valence-electron chi connectivity index (χ0n) is 31.5. The van der Waals surface area contributed by atoms with Crippen molar-refractivity contribution >= 4 is 54.4 Å². The van der Waals surface area contributed by atoms with Crippen LogP contribution in [0.3, 0.4) is 0 Å². The second-order valence-electron chi connectivity index (χ2n) is 13.9. The Morgan fingerprint density at radius 1 is 0.481 bits per heavy atom. The van der Waals surface area contributed by atoms with E-state index in [1.165, 1.54) is 49.5 Å². The molecule has 6 aromatic rings. The second-order valence-corrected chi connectivity index (χ2v) is 21.0. The molecular weight excluding hydrogens is 765 g/mol. The summed E-state index contributed by atoms with van der Waals surface area (Å²) in [6, 6.07) is 45.8. The second kappa shape index (κ2) is 20.5. The molecule has 0 N–H and O–H groups in total. The van der Waals surface area contributed by atoms with Crippen LogP contribution in [0.5, 0.6) is 0 Å². The molecule has 0 unspecified atom stereocenters. The molecule has 52 heavy (non-hydrogen) atoms. The summed E-state index contributed by atoms with van der Waals surface area (Å²) in [4.78, 5) is 0. The summed E-state index contributed by atoms with van der Waals surface area (Å²) in [5, 5.41) is 4.19. The van der Waals surface area contributed by atoms with Crippen molar-refractivity contribution in [3.05, 3.63) is 168 Å².